The van der Waals surface area contributed by atoms with E-state index in [2.05, 4.69) is 31.0 Å². The third-order valence-electron chi connectivity index (χ3n) is 5.37. The van der Waals surface area contributed by atoms with Crippen molar-refractivity contribution in [3.05, 3.63) is 76.8 Å². The molecule has 9 nitrogen and oxygen atoms in total. The highest BCUT2D eigenvalue weighted by atomic mass is 79.9. The van der Waals surface area contributed by atoms with E-state index in [0.717, 1.165) is 26.4 Å². The maximum Gasteiger partial charge on any atom is 0.240 e. The van der Waals surface area contributed by atoms with Crippen LogP contribution in [0.2, 0.25) is 0 Å². The maximum absolute atomic E-state index is 12.4. The van der Waals surface area contributed by atoms with Gasteiger partial charge in [0.15, 0.2) is 4.96 Å². The van der Waals surface area contributed by atoms with Crippen LogP contribution < -0.4 is 15.8 Å². The summed E-state index contributed by atoms with van der Waals surface area (Å²) in [5, 5.41) is 5.16. The van der Waals surface area contributed by atoms with Gasteiger partial charge in [-0.2, -0.15) is 0 Å². The van der Waals surface area contributed by atoms with Gasteiger partial charge in [0.05, 0.1) is 16.3 Å². The maximum atomic E-state index is 12.4. The van der Waals surface area contributed by atoms with Crippen LogP contribution in [0, 0.1) is 0 Å². The molecule has 0 aliphatic carbocycles. The lowest BCUT2D eigenvalue weighted by atomic mass is 10.1. The first-order valence-electron chi connectivity index (χ1n) is 11.0. The standard InChI is InChI=1S/C24H22BrN7O2S2/c25-17-5-7-19(8-6-17)36(33,34)29-11-2-10-27-23-28-12-9-20(30-23)22-21(16-3-1-4-18(26)15-16)31-24-32(22)13-14-35-24/h1,3-9,12-15,29H,2,10-11,26H2,(H,27,28,30). The summed E-state index contributed by atoms with van der Waals surface area (Å²) in [4.78, 5) is 14.9. The Morgan fingerprint density at radius 2 is 1.89 bits per heavy atom. The summed E-state index contributed by atoms with van der Waals surface area (Å²) in [6.07, 6.45) is 4.21. The first kappa shape index (κ1) is 24.4. The number of thiazole rings is 1. The fraction of sp³-hybridized carbons (Fsp3) is 0.125. The van der Waals surface area contributed by atoms with Crippen LogP contribution in [0.15, 0.2) is 81.7 Å². The van der Waals surface area contributed by atoms with E-state index in [4.69, 9.17) is 15.7 Å². The Morgan fingerprint density at radius 1 is 1.06 bits per heavy atom. The number of hydrogen-bond donors (Lipinski definition) is 3. The van der Waals surface area contributed by atoms with Gasteiger partial charge in [0, 0.05) is 46.6 Å². The lowest BCUT2D eigenvalue weighted by molar-refractivity contribution is 0.580. The SMILES string of the molecule is Nc1cccc(-c2nc3sccn3c2-c2ccnc(NCCCNS(=O)(=O)c3ccc(Br)cc3)n2)c1. The minimum atomic E-state index is -3.56. The topological polar surface area (TPSA) is 127 Å². The molecule has 0 spiro atoms. The second-order valence-electron chi connectivity index (χ2n) is 7.89. The van der Waals surface area contributed by atoms with E-state index in [1.54, 1.807) is 41.8 Å². The number of nitrogens with zero attached hydrogens (tertiary/aromatic N) is 4. The third-order valence-corrected chi connectivity index (χ3v) is 8.14. The molecule has 5 rings (SSSR count). The summed E-state index contributed by atoms with van der Waals surface area (Å²) < 4.78 is 30.3. The normalized spacial score (nSPS) is 11.7. The molecule has 12 heteroatoms. The predicted molar refractivity (Wildman–Crippen MR) is 146 cm³/mol. The molecular weight excluding hydrogens is 562 g/mol. The van der Waals surface area contributed by atoms with Gasteiger partial charge in [0.25, 0.3) is 0 Å². The zero-order valence-corrected chi connectivity index (χ0v) is 22.1. The van der Waals surface area contributed by atoms with Crippen LogP contribution in [0.25, 0.3) is 27.6 Å². The molecule has 0 bridgehead atoms. The van der Waals surface area contributed by atoms with Crippen molar-refractivity contribution in [3.63, 3.8) is 0 Å². The van der Waals surface area contributed by atoms with Crippen molar-refractivity contribution in [3.8, 4) is 22.6 Å². The average Bonchev–Trinajstić information content (AvgIpc) is 3.46. The van der Waals surface area contributed by atoms with Crippen LogP contribution in [0.1, 0.15) is 6.42 Å². The fourth-order valence-electron chi connectivity index (χ4n) is 3.69. The second kappa shape index (κ2) is 10.3. The molecule has 0 radical (unpaired) electrons. The molecule has 5 aromatic rings. The van der Waals surface area contributed by atoms with Gasteiger partial charge in [-0.25, -0.2) is 28.1 Å². The third kappa shape index (κ3) is 5.26. The number of nitrogens with one attached hydrogen (secondary N) is 2. The summed E-state index contributed by atoms with van der Waals surface area (Å²) >= 11 is 4.85. The zero-order valence-electron chi connectivity index (χ0n) is 18.9. The van der Waals surface area contributed by atoms with Gasteiger partial charge in [-0.15, -0.1) is 11.3 Å². The van der Waals surface area contributed by atoms with E-state index >= 15 is 0 Å². The molecule has 3 aromatic heterocycles. The van der Waals surface area contributed by atoms with E-state index in [1.807, 2.05) is 46.3 Å². The molecule has 0 fully saturated rings. The molecule has 36 heavy (non-hydrogen) atoms. The quantitative estimate of drug-likeness (QED) is 0.170. The number of fused-ring (bicyclic) bond motifs is 1. The molecule has 0 aliphatic rings. The minimum absolute atomic E-state index is 0.228. The highest BCUT2D eigenvalue weighted by molar-refractivity contribution is 9.10. The van der Waals surface area contributed by atoms with E-state index in [1.165, 1.54) is 0 Å². The zero-order chi connectivity index (χ0) is 25.1. The largest absolute Gasteiger partial charge is 0.399 e. The number of halogens is 1. The summed E-state index contributed by atoms with van der Waals surface area (Å²) in [7, 11) is -3.56. The van der Waals surface area contributed by atoms with Crippen LogP contribution >= 0.6 is 27.3 Å². The molecule has 0 saturated heterocycles. The number of aromatic nitrogens is 4. The van der Waals surface area contributed by atoms with Crippen molar-refractivity contribution in [2.75, 3.05) is 24.1 Å². The molecule has 0 aliphatic heterocycles. The summed E-state index contributed by atoms with van der Waals surface area (Å²) in [6.45, 7) is 0.775. The van der Waals surface area contributed by atoms with Crippen molar-refractivity contribution in [2.24, 2.45) is 0 Å². The van der Waals surface area contributed by atoms with E-state index in [9.17, 15) is 8.42 Å². The molecule has 0 saturated carbocycles. The number of sulfonamides is 1. The molecule has 0 amide bonds. The monoisotopic (exact) mass is 583 g/mol. The second-order valence-corrected chi connectivity index (χ2v) is 11.4. The van der Waals surface area contributed by atoms with Crippen LogP contribution in [0.3, 0.4) is 0 Å². The molecular formula is C24H22BrN7O2S2. The fourth-order valence-corrected chi connectivity index (χ4v) is 5.74. The Kier molecular flexibility index (Phi) is 7.01. The number of nitrogen functional groups attached to an aromatic ring is 1. The molecule has 184 valence electrons. The molecule has 2 aromatic carbocycles. The van der Waals surface area contributed by atoms with Crippen LogP contribution in [0.4, 0.5) is 11.6 Å². The molecule has 3 heterocycles. The Balaban J connectivity index is 1.28. The van der Waals surface area contributed by atoms with Crippen molar-refractivity contribution in [2.45, 2.75) is 11.3 Å². The average molecular weight is 585 g/mol. The van der Waals surface area contributed by atoms with E-state index in [0.29, 0.717) is 30.3 Å². The Labute approximate surface area is 220 Å². The van der Waals surface area contributed by atoms with Crippen molar-refractivity contribution >= 4 is 53.9 Å². The Bertz CT molecular complexity index is 1620. The number of anilines is 2. The number of nitrogens with two attached hydrogens (primary N) is 1. The lowest BCUT2D eigenvalue weighted by Crippen LogP contribution is -2.26. The van der Waals surface area contributed by atoms with Gasteiger partial charge >= 0.3 is 0 Å². The Morgan fingerprint density at radius 3 is 2.69 bits per heavy atom. The highest BCUT2D eigenvalue weighted by Crippen LogP contribution is 2.34. The summed E-state index contributed by atoms with van der Waals surface area (Å²) in [6, 6.07) is 16.0. The molecule has 0 atom stereocenters. The van der Waals surface area contributed by atoms with Gasteiger partial charge in [-0.3, -0.25) is 4.40 Å². The van der Waals surface area contributed by atoms with Gasteiger partial charge in [-0.05, 0) is 48.9 Å². The first-order valence-corrected chi connectivity index (χ1v) is 14.2. The van der Waals surface area contributed by atoms with Crippen molar-refractivity contribution in [1.82, 2.24) is 24.1 Å². The van der Waals surface area contributed by atoms with Crippen LogP contribution in [-0.4, -0.2) is 40.9 Å². The van der Waals surface area contributed by atoms with E-state index in [-0.39, 0.29) is 11.4 Å². The number of rotatable bonds is 9. The van der Waals surface area contributed by atoms with Gasteiger partial charge in [0.2, 0.25) is 16.0 Å². The Hall–Kier alpha value is -3.32. The van der Waals surface area contributed by atoms with Crippen LogP contribution in [-0.2, 0) is 10.0 Å². The minimum Gasteiger partial charge on any atom is -0.399 e. The van der Waals surface area contributed by atoms with Crippen LogP contribution in [0.5, 0.6) is 0 Å². The highest BCUT2D eigenvalue weighted by Gasteiger charge is 2.19. The van der Waals surface area contributed by atoms with E-state index < -0.39 is 10.0 Å². The van der Waals surface area contributed by atoms with Crippen molar-refractivity contribution < 1.29 is 8.42 Å². The summed E-state index contributed by atoms with van der Waals surface area (Å²) in [5.41, 5.74) is 9.94. The van der Waals surface area contributed by atoms with Crippen molar-refractivity contribution in [1.29, 1.82) is 0 Å². The summed E-state index contributed by atoms with van der Waals surface area (Å²) in [5.74, 6) is 0.451. The number of imidazole rings is 1. The van der Waals surface area contributed by atoms with Gasteiger partial charge in [0.1, 0.15) is 5.69 Å². The van der Waals surface area contributed by atoms with Gasteiger partial charge < -0.3 is 11.1 Å². The van der Waals surface area contributed by atoms with Gasteiger partial charge in [-0.1, -0.05) is 28.1 Å². The molecule has 0 unspecified atom stereocenters. The predicted octanol–water partition coefficient (Wildman–Crippen LogP) is 4.65. The molecule has 4 N–H and O–H groups in total. The number of benzene rings is 2. The first-order chi connectivity index (χ1) is 17.4. The lowest BCUT2D eigenvalue weighted by Gasteiger charge is -2.09. The smallest absolute Gasteiger partial charge is 0.240 e. The number of hydrogen-bond acceptors (Lipinski definition) is 8.